The van der Waals surface area contributed by atoms with Crippen molar-refractivity contribution in [1.29, 1.82) is 0 Å². The Hall–Kier alpha value is -0.800. The van der Waals surface area contributed by atoms with Crippen LogP contribution in [0, 0.1) is 11.8 Å². The molecule has 2 heterocycles. The first-order valence-electron chi connectivity index (χ1n) is 11.3. The molecule has 2 rings (SSSR count). The SMILES string of the molecule is CC[C@H](OC)[C@@H](C)[C@H]1O[C@@H]1[C@H](O)[C@@H](C)/C=C/C=C(\C)[C@H]1O[C@@H](OC)C[C@H](OC)[C@@H]1OC. The summed E-state index contributed by atoms with van der Waals surface area (Å²) in [6, 6.07) is 0. The van der Waals surface area contributed by atoms with Gasteiger partial charge in [0.1, 0.15) is 18.3 Å². The van der Waals surface area contributed by atoms with Crippen molar-refractivity contribution in [2.45, 2.75) is 89.6 Å². The summed E-state index contributed by atoms with van der Waals surface area (Å²) in [6.07, 6.45) is 6.08. The summed E-state index contributed by atoms with van der Waals surface area (Å²) in [4.78, 5) is 0. The van der Waals surface area contributed by atoms with Gasteiger partial charge >= 0.3 is 0 Å². The molecule has 7 heteroatoms. The van der Waals surface area contributed by atoms with Gasteiger partial charge in [0, 0.05) is 46.7 Å². The predicted octanol–water partition coefficient (Wildman–Crippen LogP) is 3.11. The van der Waals surface area contributed by atoms with Crippen molar-refractivity contribution < 1.29 is 33.5 Å². The number of allylic oxidation sites excluding steroid dienone is 2. The summed E-state index contributed by atoms with van der Waals surface area (Å²) in [6.45, 7) is 8.23. The molecular weight excluding hydrogens is 400 g/mol. The van der Waals surface area contributed by atoms with Gasteiger partial charge in [-0.15, -0.1) is 0 Å². The molecule has 2 saturated heterocycles. The maximum Gasteiger partial charge on any atom is 0.160 e. The Morgan fingerprint density at radius 2 is 1.77 bits per heavy atom. The molecule has 10 atom stereocenters. The van der Waals surface area contributed by atoms with E-state index in [4.69, 9.17) is 28.4 Å². The minimum atomic E-state index is -0.555. The average Bonchev–Trinajstić information content (AvgIpc) is 3.58. The fraction of sp³-hybridized carbons (Fsp3) is 0.833. The second-order valence-corrected chi connectivity index (χ2v) is 8.68. The monoisotopic (exact) mass is 442 g/mol. The lowest BCUT2D eigenvalue weighted by Gasteiger charge is -2.40. The highest BCUT2D eigenvalue weighted by atomic mass is 16.7. The summed E-state index contributed by atoms with van der Waals surface area (Å²) in [5.74, 6) is 0.211. The maximum atomic E-state index is 10.7. The highest BCUT2D eigenvalue weighted by Gasteiger charge is 2.50. The van der Waals surface area contributed by atoms with E-state index in [1.54, 1.807) is 28.4 Å². The van der Waals surface area contributed by atoms with E-state index in [1.165, 1.54) is 0 Å². The lowest BCUT2D eigenvalue weighted by molar-refractivity contribution is -0.241. The van der Waals surface area contributed by atoms with Gasteiger partial charge in [0.05, 0.1) is 24.4 Å². The highest BCUT2D eigenvalue weighted by Crippen LogP contribution is 2.37. The summed E-state index contributed by atoms with van der Waals surface area (Å²) in [5, 5.41) is 10.7. The van der Waals surface area contributed by atoms with Gasteiger partial charge < -0.3 is 33.5 Å². The second-order valence-electron chi connectivity index (χ2n) is 8.68. The highest BCUT2D eigenvalue weighted by molar-refractivity contribution is 5.18. The van der Waals surface area contributed by atoms with Crippen LogP contribution in [-0.2, 0) is 28.4 Å². The summed E-state index contributed by atoms with van der Waals surface area (Å²) >= 11 is 0. The van der Waals surface area contributed by atoms with E-state index in [1.807, 2.05) is 32.1 Å². The number of hydrogen-bond donors (Lipinski definition) is 1. The average molecular weight is 443 g/mol. The Bertz CT molecular complexity index is 588. The van der Waals surface area contributed by atoms with Crippen molar-refractivity contribution in [2.75, 3.05) is 28.4 Å². The fourth-order valence-electron chi connectivity index (χ4n) is 4.53. The van der Waals surface area contributed by atoms with Crippen LogP contribution in [0.4, 0.5) is 0 Å². The van der Waals surface area contributed by atoms with Crippen molar-refractivity contribution in [2.24, 2.45) is 11.8 Å². The van der Waals surface area contributed by atoms with Crippen LogP contribution in [0.25, 0.3) is 0 Å². The van der Waals surface area contributed by atoms with Gasteiger partial charge in [-0.05, 0) is 18.9 Å². The van der Waals surface area contributed by atoms with Crippen LogP contribution < -0.4 is 0 Å². The zero-order valence-electron chi connectivity index (χ0n) is 20.3. The molecule has 2 fully saturated rings. The first-order valence-corrected chi connectivity index (χ1v) is 11.3. The molecule has 0 aromatic heterocycles. The Morgan fingerprint density at radius 3 is 2.32 bits per heavy atom. The third kappa shape index (κ3) is 6.60. The molecular formula is C24H42O7. The number of ether oxygens (including phenoxy) is 6. The fourth-order valence-corrected chi connectivity index (χ4v) is 4.53. The van der Waals surface area contributed by atoms with Crippen molar-refractivity contribution >= 4 is 0 Å². The Labute approximate surface area is 187 Å². The molecule has 0 aromatic rings. The Morgan fingerprint density at radius 1 is 1.06 bits per heavy atom. The maximum absolute atomic E-state index is 10.7. The minimum Gasteiger partial charge on any atom is -0.390 e. The van der Waals surface area contributed by atoms with E-state index in [9.17, 15) is 5.11 Å². The molecule has 180 valence electrons. The van der Waals surface area contributed by atoms with E-state index < -0.39 is 6.10 Å². The quantitative estimate of drug-likeness (QED) is 0.367. The van der Waals surface area contributed by atoms with Crippen molar-refractivity contribution in [1.82, 2.24) is 0 Å². The first-order chi connectivity index (χ1) is 14.8. The van der Waals surface area contributed by atoms with Gasteiger partial charge in [0.25, 0.3) is 0 Å². The van der Waals surface area contributed by atoms with Gasteiger partial charge in [0.2, 0.25) is 0 Å². The number of rotatable bonds is 12. The smallest absolute Gasteiger partial charge is 0.160 e. The number of methoxy groups -OCH3 is 4. The molecule has 2 aliphatic rings. The lowest BCUT2D eigenvalue weighted by atomic mass is 9.91. The largest absolute Gasteiger partial charge is 0.390 e. The zero-order chi connectivity index (χ0) is 23.1. The molecule has 31 heavy (non-hydrogen) atoms. The molecule has 0 unspecified atom stereocenters. The molecule has 0 aliphatic carbocycles. The van der Waals surface area contributed by atoms with E-state index in [2.05, 4.69) is 13.8 Å². The molecule has 7 nitrogen and oxygen atoms in total. The van der Waals surface area contributed by atoms with Gasteiger partial charge in [-0.3, -0.25) is 0 Å². The van der Waals surface area contributed by atoms with E-state index in [-0.39, 0.29) is 54.7 Å². The number of epoxide rings is 1. The van der Waals surface area contributed by atoms with Gasteiger partial charge in [0.15, 0.2) is 6.29 Å². The number of aliphatic hydroxyl groups excluding tert-OH is 1. The minimum absolute atomic E-state index is 0.0437. The molecule has 0 amide bonds. The van der Waals surface area contributed by atoms with E-state index >= 15 is 0 Å². The molecule has 0 aromatic carbocycles. The zero-order valence-corrected chi connectivity index (χ0v) is 20.3. The summed E-state index contributed by atoms with van der Waals surface area (Å²) < 4.78 is 34.0. The van der Waals surface area contributed by atoms with Crippen LogP contribution in [0.2, 0.25) is 0 Å². The molecule has 0 saturated carbocycles. The van der Waals surface area contributed by atoms with Crippen LogP contribution in [0.15, 0.2) is 23.8 Å². The van der Waals surface area contributed by atoms with Crippen LogP contribution in [0.1, 0.15) is 40.5 Å². The van der Waals surface area contributed by atoms with Crippen LogP contribution in [-0.4, -0.2) is 82.6 Å². The Kier molecular flexibility index (Phi) is 10.6. The summed E-state index contributed by atoms with van der Waals surface area (Å²) in [7, 11) is 6.71. The van der Waals surface area contributed by atoms with Crippen LogP contribution >= 0.6 is 0 Å². The number of hydrogen-bond acceptors (Lipinski definition) is 7. The van der Waals surface area contributed by atoms with Crippen molar-refractivity contribution in [3.63, 3.8) is 0 Å². The third-order valence-electron chi connectivity index (χ3n) is 6.69. The van der Waals surface area contributed by atoms with E-state index in [0.29, 0.717) is 6.42 Å². The third-order valence-corrected chi connectivity index (χ3v) is 6.69. The number of aliphatic hydroxyl groups is 1. The van der Waals surface area contributed by atoms with Crippen molar-refractivity contribution in [3.8, 4) is 0 Å². The standard InChI is InChI=1S/C24H42O7/c1-9-17(26-5)16(4)22-24(31-22)20(25)14(2)11-10-12-15(3)21-23(29-8)18(27-6)13-19(28-7)30-21/h10-12,14,16-25H,9,13H2,1-8H3/b11-10+,15-12+/t14-,16+,17-,18-,19+,20+,21+,22+,23-,24+/m0/s1. The van der Waals surface area contributed by atoms with Crippen LogP contribution in [0.5, 0.6) is 0 Å². The normalized spacial score (nSPS) is 35.7. The molecule has 2 aliphatic heterocycles. The molecule has 1 N–H and O–H groups in total. The van der Waals surface area contributed by atoms with Crippen LogP contribution in [0.3, 0.4) is 0 Å². The van der Waals surface area contributed by atoms with Gasteiger partial charge in [-0.25, -0.2) is 0 Å². The van der Waals surface area contributed by atoms with Gasteiger partial charge in [-0.1, -0.05) is 39.0 Å². The van der Waals surface area contributed by atoms with E-state index in [0.717, 1.165) is 12.0 Å². The molecule has 0 bridgehead atoms. The molecule has 0 spiro atoms. The van der Waals surface area contributed by atoms with Gasteiger partial charge in [-0.2, -0.15) is 0 Å². The molecule has 0 radical (unpaired) electrons. The second kappa shape index (κ2) is 12.4. The summed E-state index contributed by atoms with van der Waals surface area (Å²) in [5.41, 5.74) is 1.01. The van der Waals surface area contributed by atoms with Crippen molar-refractivity contribution in [3.05, 3.63) is 23.8 Å². The lowest BCUT2D eigenvalue weighted by Crippen LogP contribution is -2.51. The Balaban J connectivity index is 1.96. The predicted molar refractivity (Wildman–Crippen MR) is 119 cm³/mol. The topological polar surface area (TPSA) is 78.9 Å². The first kappa shape index (κ1) is 26.5.